The molecule has 19 heavy (non-hydrogen) atoms. The second-order valence-corrected chi connectivity index (χ2v) is 3.53. The Bertz CT molecular complexity index is 602. The van der Waals surface area contributed by atoms with Crippen LogP contribution in [0, 0.1) is 11.6 Å². The Balaban J connectivity index is 2.13. The molecule has 0 fully saturated rings. The Morgan fingerprint density at radius 3 is 2.58 bits per heavy atom. The molecule has 1 heterocycles. The minimum absolute atomic E-state index is 0.0329. The zero-order valence-corrected chi connectivity index (χ0v) is 9.85. The first-order chi connectivity index (χ1) is 9.10. The predicted molar refractivity (Wildman–Crippen MR) is 62.9 cm³/mol. The average molecular weight is 265 g/mol. The highest BCUT2D eigenvalue weighted by Crippen LogP contribution is 2.14. The third kappa shape index (κ3) is 3.01. The number of carbonyl (C=O) groups is 1. The van der Waals surface area contributed by atoms with Crippen molar-refractivity contribution in [1.82, 2.24) is 9.97 Å². The Labute approximate surface area is 107 Å². The number of nitrogens with one attached hydrogen (secondary N) is 1. The summed E-state index contributed by atoms with van der Waals surface area (Å²) in [6.07, 6.45) is 2.49. The van der Waals surface area contributed by atoms with Gasteiger partial charge in [0.15, 0.2) is 11.6 Å². The monoisotopic (exact) mass is 265 g/mol. The Morgan fingerprint density at radius 2 is 2.00 bits per heavy atom. The van der Waals surface area contributed by atoms with Crippen LogP contribution in [0.5, 0.6) is 5.88 Å². The van der Waals surface area contributed by atoms with Gasteiger partial charge in [0.2, 0.25) is 5.88 Å². The van der Waals surface area contributed by atoms with Gasteiger partial charge in [-0.05, 0) is 12.1 Å². The summed E-state index contributed by atoms with van der Waals surface area (Å²) in [5, 5.41) is 2.37. The van der Waals surface area contributed by atoms with Crippen LogP contribution in [0.15, 0.2) is 30.6 Å². The second-order valence-electron chi connectivity index (χ2n) is 3.53. The van der Waals surface area contributed by atoms with E-state index in [0.29, 0.717) is 0 Å². The number of methoxy groups -OCH3 is 1. The zero-order chi connectivity index (χ0) is 13.8. The van der Waals surface area contributed by atoms with Crippen LogP contribution in [0.4, 0.5) is 14.5 Å². The summed E-state index contributed by atoms with van der Waals surface area (Å²) >= 11 is 0. The van der Waals surface area contributed by atoms with Gasteiger partial charge < -0.3 is 10.1 Å². The molecule has 0 aliphatic rings. The number of rotatable bonds is 3. The summed E-state index contributed by atoms with van der Waals surface area (Å²) in [5.41, 5.74) is 0.159. The third-order valence-electron chi connectivity index (χ3n) is 2.25. The van der Waals surface area contributed by atoms with Crippen LogP contribution < -0.4 is 10.1 Å². The van der Waals surface area contributed by atoms with Crippen molar-refractivity contribution in [3.63, 3.8) is 0 Å². The zero-order valence-electron chi connectivity index (χ0n) is 9.85. The molecule has 0 bridgehead atoms. The number of amides is 1. The molecule has 0 spiro atoms. The van der Waals surface area contributed by atoms with Crippen molar-refractivity contribution in [2.45, 2.75) is 0 Å². The number of benzene rings is 1. The van der Waals surface area contributed by atoms with Gasteiger partial charge in [-0.15, -0.1) is 0 Å². The number of hydrogen-bond donors (Lipinski definition) is 1. The minimum Gasteiger partial charge on any atom is -0.480 e. The highest BCUT2D eigenvalue weighted by atomic mass is 19.2. The normalized spacial score (nSPS) is 10.1. The molecule has 1 aromatic carbocycles. The molecule has 5 nitrogen and oxygen atoms in total. The fourth-order valence-electron chi connectivity index (χ4n) is 1.31. The van der Waals surface area contributed by atoms with Crippen molar-refractivity contribution in [3.8, 4) is 5.88 Å². The van der Waals surface area contributed by atoms with Gasteiger partial charge in [-0.25, -0.2) is 18.7 Å². The molecule has 0 saturated carbocycles. The van der Waals surface area contributed by atoms with Crippen LogP contribution in [0.1, 0.15) is 10.5 Å². The van der Waals surface area contributed by atoms with E-state index >= 15 is 0 Å². The van der Waals surface area contributed by atoms with E-state index in [4.69, 9.17) is 4.74 Å². The molecule has 98 valence electrons. The molecule has 0 saturated heterocycles. The van der Waals surface area contributed by atoms with Gasteiger partial charge in [0.05, 0.1) is 19.5 Å². The van der Waals surface area contributed by atoms with Crippen molar-refractivity contribution in [3.05, 3.63) is 47.9 Å². The average Bonchev–Trinajstić information content (AvgIpc) is 2.43. The van der Waals surface area contributed by atoms with E-state index in [2.05, 4.69) is 15.3 Å². The summed E-state index contributed by atoms with van der Waals surface area (Å²) in [6.45, 7) is 0. The molecule has 1 aromatic heterocycles. The molecule has 7 heteroatoms. The van der Waals surface area contributed by atoms with Gasteiger partial charge in [0.25, 0.3) is 5.91 Å². The summed E-state index contributed by atoms with van der Waals surface area (Å²) < 4.78 is 30.5. The van der Waals surface area contributed by atoms with Crippen molar-refractivity contribution in [1.29, 1.82) is 0 Å². The molecule has 1 amide bonds. The van der Waals surface area contributed by atoms with Crippen molar-refractivity contribution in [2.24, 2.45) is 0 Å². The summed E-state index contributed by atoms with van der Waals surface area (Å²) in [7, 11) is 1.42. The van der Waals surface area contributed by atoms with Crippen LogP contribution in [-0.2, 0) is 0 Å². The molecule has 2 aromatic rings. The lowest BCUT2D eigenvalue weighted by molar-refractivity contribution is 0.102. The number of anilines is 1. The van der Waals surface area contributed by atoms with Gasteiger partial charge >= 0.3 is 0 Å². The number of carbonyl (C=O) groups excluding carboxylic acids is 1. The van der Waals surface area contributed by atoms with E-state index in [1.54, 1.807) is 0 Å². The maximum Gasteiger partial charge on any atom is 0.275 e. The molecule has 2 rings (SSSR count). The Hall–Kier alpha value is -2.57. The Kier molecular flexibility index (Phi) is 3.65. The smallest absolute Gasteiger partial charge is 0.275 e. The Morgan fingerprint density at radius 1 is 1.21 bits per heavy atom. The van der Waals surface area contributed by atoms with Crippen LogP contribution in [0.2, 0.25) is 0 Å². The number of aromatic nitrogens is 2. The lowest BCUT2D eigenvalue weighted by Gasteiger charge is -2.05. The van der Waals surface area contributed by atoms with Gasteiger partial charge in [-0.1, -0.05) is 0 Å². The standard InChI is InChI=1S/C12H9F2N3O2/c1-19-11-6-15-10(5-16-11)12(18)17-7-2-3-8(13)9(14)4-7/h2-6H,1H3,(H,17,18). The van der Waals surface area contributed by atoms with Crippen molar-refractivity contribution < 1.29 is 18.3 Å². The molecule has 0 aliphatic heterocycles. The van der Waals surface area contributed by atoms with E-state index in [1.807, 2.05) is 0 Å². The SMILES string of the molecule is COc1cnc(C(=O)Nc2ccc(F)c(F)c2)cn1. The van der Waals surface area contributed by atoms with Gasteiger partial charge in [-0.2, -0.15) is 0 Å². The summed E-state index contributed by atoms with van der Waals surface area (Å²) in [4.78, 5) is 19.4. The molecule has 1 N–H and O–H groups in total. The molecule has 0 aliphatic carbocycles. The molecule has 0 unspecified atom stereocenters. The molecule has 0 atom stereocenters. The summed E-state index contributed by atoms with van der Waals surface area (Å²) in [6, 6.07) is 3.04. The fraction of sp³-hybridized carbons (Fsp3) is 0.0833. The molecular formula is C12H9F2N3O2. The van der Waals surface area contributed by atoms with Gasteiger partial charge in [-0.3, -0.25) is 4.79 Å². The second kappa shape index (κ2) is 5.38. The van der Waals surface area contributed by atoms with Crippen molar-refractivity contribution in [2.75, 3.05) is 12.4 Å². The van der Waals surface area contributed by atoms with Crippen LogP contribution in [-0.4, -0.2) is 23.0 Å². The van der Waals surface area contributed by atoms with Crippen LogP contribution in [0.3, 0.4) is 0 Å². The topological polar surface area (TPSA) is 64.1 Å². The number of hydrogen-bond acceptors (Lipinski definition) is 4. The largest absolute Gasteiger partial charge is 0.480 e. The van der Waals surface area contributed by atoms with E-state index in [1.165, 1.54) is 25.6 Å². The van der Waals surface area contributed by atoms with E-state index < -0.39 is 17.5 Å². The van der Waals surface area contributed by atoms with Gasteiger partial charge in [0.1, 0.15) is 5.69 Å². The van der Waals surface area contributed by atoms with Gasteiger partial charge in [0, 0.05) is 11.8 Å². The van der Waals surface area contributed by atoms with E-state index in [-0.39, 0.29) is 17.3 Å². The van der Waals surface area contributed by atoms with Crippen LogP contribution >= 0.6 is 0 Å². The van der Waals surface area contributed by atoms with Crippen molar-refractivity contribution >= 4 is 11.6 Å². The number of ether oxygens (including phenoxy) is 1. The maximum atomic E-state index is 13.0. The molecular weight excluding hydrogens is 256 g/mol. The maximum absolute atomic E-state index is 13.0. The fourth-order valence-corrected chi connectivity index (χ4v) is 1.31. The minimum atomic E-state index is -1.04. The number of nitrogens with zero attached hydrogens (tertiary/aromatic N) is 2. The predicted octanol–water partition coefficient (Wildman–Crippen LogP) is 2.02. The highest BCUT2D eigenvalue weighted by molar-refractivity contribution is 6.02. The quantitative estimate of drug-likeness (QED) is 0.922. The first kappa shape index (κ1) is 12.9. The summed E-state index contributed by atoms with van der Waals surface area (Å²) in [5.74, 6) is -2.34. The first-order valence-electron chi connectivity index (χ1n) is 5.22. The first-order valence-corrected chi connectivity index (χ1v) is 5.22. The molecule has 0 radical (unpaired) electrons. The number of halogens is 2. The highest BCUT2D eigenvalue weighted by Gasteiger charge is 2.10. The van der Waals surface area contributed by atoms with E-state index in [9.17, 15) is 13.6 Å². The lowest BCUT2D eigenvalue weighted by atomic mass is 10.3. The third-order valence-corrected chi connectivity index (χ3v) is 2.25. The van der Waals surface area contributed by atoms with E-state index in [0.717, 1.165) is 12.1 Å². The lowest BCUT2D eigenvalue weighted by Crippen LogP contribution is -2.14. The van der Waals surface area contributed by atoms with Crippen LogP contribution in [0.25, 0.3) is 0 Å².